The predicted octanol–water partition coefficient (Wildman–Crippen LogP) is 2.94. The molecule has 2 aromatic carbocycles. The fraction of sp³-hybridized carbons (Fsp3) is 0.111. The number of nitrogens with zero attached hydrogens (tertiary/aromatic N) is 3. The number of carbonyl (C=O) groups is 1. The third kappa shape index (κ3) is 6.08. The normalized spacial score (nSPS) is 10.8. The van der Waals surface area contributed by atoms with Crippen molar-refractivity contribution in [1.29, 1.82) is 0 Å². The number of aromatic nitrogens is 2. The first-order valence-electron chi connectivity index (χ1n) is 8.00. The number of benzene rings is 2. The van der Waals surface area contributed by atoms with Gasteiger partial charge >= 0.3 is 0 Å². The Morgan fingerprint density at radius 1 is 1.19 bits per heavy atom. The van der Waals surface area contributed by atoms with Crippen LogP contribution in [0, 0.1) is 0 Å². The number of nitrogens with one attached hydrogen (secondary N) is 1. The molecule has 0 radical (unpaired) electrons. The van der Waals surface area contributed by atoms with Gasteiger partial charge in [-0.05, 0) is 17.7 Å². The van der Waals surface area contributed by atoms with E-state index < -0.39 is 0 Å². The molecular formula is C18H17N5O2S2. The molecular weight excluding hydrogens is 382 g/mol. The van der Waals surface area contributed by atoms with Crippen LogP contribution >= 0.6 is 23.1 Å². The third-order valence-electron chi connectivity index (χ3n) is 3.30. The Balaban J connectivity index is 1.51. The van der Waals surface area contributed by atoms with Gasteiger partial charge in [0.2, 0.25) is 5.13 Å². The van der Waals surface area contributed by atoms with Gasteiger partial charge in [0.25, 0.3) is 5.91 Å². The van der Waals surface area contributed by atoms with Crippen LogP contribution in [0.4, 0.5) is 5.13 Å². The van der Waals surface area contributed by atoms with Crippen molar-refractivity contribution in [3.05, 3.63) is 65.7 Å². The molecule has 0 aliphatic carbocycles. The lowest BCUT2D eigenvalue weighted by atomic mass is 10.2. The Labute approximate surface area is 164 Å². The van der Waals surface area contributed by atoms with E-state index in [-0.39, 0.29) is 11.7 Å². The van der Waals surface area contributed by atoms with E-state index in [1.54, 1.807) is 6.21 Å². The van der Waals surface area contributed by atoms with Crippen LogP contribution in [-0.4, -0.2) is 28.1 Å². The molecule has 1 aromatic heterocycles. The Kier molecular flexibility index (Phi) is 6.78. The second-order valence-corrected chi connectivity index (χ2v) is 7.53. The summed E-state index contributed by atoms with van der Waals surface area (Å²) in [5.74, 6) is 0.628. The maximum Gasteiger partial charge on any atom is 0.250 e. The number of nitrogens with two attached hydrogens (primary N) is 1. The molecule has 0 unspecified atom stereocenters. The molecule has 0 saturated heterocycles. The van der Waals surface area contributed by atoms with Crippen molar-refractivity contribution in [3.63, 3.8) is 0 Å². The van der Waals surface area contributed by atoms with E-state index in [0.29, 0.717) is 21.8 Å². The maximum absolute atomic E-state index is 11.9. The molecule has 0 bridgehead atoms. The summed E-state index contributed by atoms with van der Waals surface area (Å²) >= 11 is 2.50. The van der Waals surface area contributed by atoms with Crippen LogP contribution < -0.4 is 15.9 Å². The summed E-state index contributed by atoms with van der Waals surface area (Å²) in [6.45, 7) is 0.458. The zero-order valence-electron chi connectivity index (χ0n) is 14.2. The molecule has 3 aromatic rings. The summed E-state index contributed by atoms with van der Waals surface area (Å²) in [6, 6.07) is 17.4. The van der Waals surface area contributed by atoms with Crippen LogP contribution in [0.25, 0.3) is 0 Å². The van der Waals surface area contributed by atoms with Crippen LogP contribution in [-0.2, 0) is 11.4 Å². The van der Waals surface area contributed by atoms with Crippen molar-refractivity contribution in [1.82, 2.24) is 15.6 Å². The first kappa shape index (κ1) is 18.9. The number of hydrazone groups is 1. The van der Waals surface area contributed by atoms with Crippen LogP contribution in [0.3, 0.4) is 0 Å². The maximum atomic E-state index is 11.9. The summed E-state index contributed by atoms with van der Waals surface area (Å²) in [6.07, 6.45) is 1.56. The van der Waals surface area contributed by atoms with Gasteiger partial charge in [-0.1, -0.05) is 65.6 Å². The topological polar surface area (TPSA) is 102 Å². The van der Waals surface area contributed by atoms with Crippen molar-refractivity contribution < 1.29 is 9.53 Å². The minimum Gasteiger partial charge on any atom is -0.488 e. The van der Waals surface area contributed by atoms with E-state index in [0.717, 1.165) is 11.1 Å². The lowest BCUT2D eigenvalue weighted by molar-refractivity contribution is -0.118. The Hall–Kier alpha value is -2.91. The van der Waals surface area contributed by atoms with Gasteiger partial charge < -0.3 is 10.5 Å². The fourth-order valence-electron chi connectivity index (χ4n) is 2.07. The number of amides is 1. The number of para-hydroxylation sites is 1. The van der Waals surface area contributed by atoms with Crippen LogP contribution in [0.15, 0.2) is 64.0 Å². The quantitative estimate of drug-likeness (QED) is 0.343. The van der Waals surface area contributed by atoms with Gasteiger partial charge in [0.15, 0.2) is 4.34 Å². The van der Waals surface area contributed by atoms with E-state index in [4.69, 9.17) is 10.5 Å². The number of anilines is 1. The van der Waals surface area contributed by atoms with E-state index in [1.807, 2.05) is 54.6 Å². The highest BCUT2D eigenvalue weighted by molar-refractivity contribution is 8.01. The Morgan fingerprint density at radius 2 is 1.96 bits per heavy atom. The second-order valence-electron chi connectivity index (χ2n) is 5.30. The number of nitrogen functional groups attached to an aromatic ring is 1. The molecule has 3 rings (SSSR count). The Bertz CT molecular complexity index is 915. The largest absolute Gasteiger partial charge is 0.488 e. The second kappa shape index (κ2) is 9.70. The van der Waals surface area contributed by atoms with E-state index in [1.165, 1.54) is 23.1 Å². The van der Waals surface area contributed by atoms with Gasteiger partial charge in [-0.3, -0.25) is 4.79 Å². The number of rotatable bonds is 8. The summed E-state index contributed by atoms with van der Waals surface area (Å²) < 4.78 is 6.50. The van der Waals surface area contributed by atoms with Crippen molar-refractivity contribution in [2.75, 3.05) is 11.5 Å². The number of ether oxygens (including phenoxy) is 1. The van der Waals surface area contributed by atoms with E-state index in [9.17, 15) is 4.79 Å². The molecule has 0 spiro atoms. The number of thioether (sulfide) groups is 1. The minimum absolute atomic E-state index is 0.179. The highest BCUT2D eigenvalue weighted by Crippen LogP contribution is 2.23. The lowest BCUT2D eigenvalue weighted by Gasteiger charge is -2.08. The number of carbonyl (C=O) groups excluding carboxylic acids is 1. The molecule has 3 N–H and O–H groups in total. The molecule has 27 heavy (non-hydrogen) atoms. The summed E-state index contributed by atoms with van der Waals surface area (Å²) in [5, 5.41) is 11.9. The van der Waals surface area contributed by atoms with Gasteiger partial charge in [-0.2, -0.15) is 5.10 Å². The van der Waals surface area contributed by atoms with Crippen molar-refractivity contribution >= 4 is 40.4 Å². The van der Waals surface area contributed by atoms with Crippen molar-refractivity contribution in [3.8, 4) is 5.75 Å². The van der Waals surface area contributed by atoms with Gasteiger partial charge in [0.05, 0.1) is 12.0 Å². The van der Waals surface area contributed by atoms with Crippen molar-refractivity contribution in [2.24, 2.45) is 5.10 Å². The Morgan fingerprint density at radius 3 is 2.74 bits per heavy atom. The molecule has 0 fully saturated rings. The highest BCUT2D eigenvalue weighted by atomic mass is 32.2. The molecule has 1 heterocycles. The molecule has 0 aliphatic rings. The van der Waals surface area contributed by atoms with E-state index >= 15 is 0 Å². The average Bonchev–Trinajstić information content (AvgIpc) is 3.12. The average molecular weight is 400 g/mol. The summed E-state index contributed by atoms with van der Waals surface area (Å²) in [5.41, 5.74) is 9.84. The molecule has 0 atom stereocenters. The number of hydrogen-bond acceptors (Lipinski definition) is 8. The first-order chi connectivity index (χ1) is 13.2. The van der Waals surface area contributed by atoms with Crippen LogP contribution in [0.1, 0.15) is 11.1 Å². The molecule has 7 nitrogen and oxygen atoms in total. The van der Waals surface area contributed by atoms with Gasteiger partial charge in [0, 0.05) is 5.56 Å². The molecule has 0 aliphatic heterocycles. The van der Waals surface area contributed by atoms with Gasteiger partial charge in [-0.15, -0.1) is 10.2 Å². The zero-order valence-corrected chi connectivity index (χ0v) is 15.9. The SMILES string of the molecule is Nc1nnc(SCC(=O)NN=Cc2ccccc2OCc2ccccc2)s1. The number of hydrogen-bond donors (Lipinski definition) is 2. The molecule has 1 amide bonds. The lowest BCUT2D eigenvalue weighted by Crippen LogP contribution is -2.19. The molecule has 0 saturated carbocycles. The van der Waals surface area contributed by atoms with Crippen LogP contribution in [0.2, 0.25) is 0 Å². The van der Waals surface area contributed by atoms with Gasteiger partial charge in [-0.25, -0.2) is 5.43 Å². The fourth-order valence-corrected chi connectivity index (χ4v) is 3.49. The third-order valence-corrected chi connectivity index (χ3v) is 5.18. The van der Waals surface area contributed by atoms with Gasteiger partial charge in [0.1, 0.15) is 12.4 Å². The first-order valence-corrected chi connectivity index (χ1v) is 9.80. The summed E-state index contributed by atoms with van der Waals surface area (Å²) in [4.78, 5) is 11.9. The zero-order chi connectivity index (χ0) is 18.9. The monoisotopic (exact) mass is 399 g/mol. The summed E-state index contributed by atoms with van der Waals surface area (Å²) in [7, 11) is 0. The standard InChI is InChI=1S/C18H17N5O2S2/c19-17-22-23-18(27-17)26-12-16(24)21-20-10-14-8-4-5-9-15(14)25-11-13-6-2-1-3-7-13/h1-10H,11-12H2,(H2,19,22)(H,21,24). The highest BCUT2D eigenvalue weighted by Gasteiger charge is 2.06. The molecule has 138 valence electrons. The smallest absolute Gasteiger partial charge is 0.250 e. The van der Waals surface area contributed by atoms with E-state index in [2.05, 4.69) is 20.7 Å². The molecule has 9 heteroatoms. The predicted molar refractivity (Wildman–Crippen MR) is 108 cm³/mol. The minimum atomic E-state index is -0.243. The van der Waals surface area contributed by atoms with Crippen LogP contribution in [0.5, 0.6) is 5.75 Å². The van der Waals surface area contributed by atoms with Crippen molar-refractivity contribution in [2.45, 2.75) is 10.9 Å².